The van der Waals surface area contributed by atoms with Crippen molar-refractivity contribution in [1.29, 1.82) is 0 Å². The van der Waals surface area contributed by atoms with E-state index < -0.39 is 15.9 Å². The first-order valence-electron chi connectivity index (χ1n) is 5.50. The molecule has 0 aliphatic rings. The van der Waals surface area contributed by atoms with Crippen LogP contribution in [0.5, 0.6) is 0 Å². The third kappa shape index (κ3) is 6.17. The molecule has 2 rings (SSSR count). The van der Waals surface area contributed by atoms with Gasteiger partial charge < -0.3 is 4.55 Å². The lowest BCUT2D eigenvalue weighted by molar-refractivity contribution is -0.692. The van der Waals surface area contributed by atoms with Crippen LogP contribution < -0.4 is 4.57 Å². The average molecular weight is 268 g/mol. The molecular formula is C12H16N2O3S. The fourth-order valence-corrected chi connectivity index (χ4v) is 1.90. The van der Waals surface area contributed by atoms with Crippen molar-refractivity contribution >= 4 is 10.1 Å². The molecule has 2 aromatic rings. The molecule has 18 heavy (non-hydrogen) atoms. The zero-order valence-electron chi connectivity index (χ0n) is 10.1. The van der Waals surface area contributed by atoms with E-state index in [0.717, 1.165) is 6.54 Å². The van der Waals surface area contributed by atoms with Crippen molar-refractivity contribution in [2.75, 3.05) is 0 Å². The predicted octanol–water partition coefficient (Wildman–Crippen LogP) is 1.05. The van der Waals surface area contributed by atoms with Gasteiger partial charge in [-0.15, -0.1) is 0 Å². The summed E-state index contributed by atoms with van der Waals surface area (Å²) in [5.41, 5.74) is 0.530. The Morgan fingerprint density at radius 2 is 1.94 bits per heavy atom. The van der Waals surface area contributed by atoms with Gasteiger partial charge in [-0.1, -0.05) is 30.3 Å². The first-order chi connectivity index (χ1) is 8.51. The van der Waals surface area contributed by atoms with Crippen molar-refractivity contribution in [3.63, 3.8) is 0 Å². The van der Waals surface area contributed by atoms with E-state index in [2.05, 4.69) is 16.5 Å². The fraction of sp³-hybridized carbons (Fsp3) is 0.250. The standard InChI is InChI=1S/C7H8O3S.C5H8N2/c8-11(9,10)6-7-4-2-1-3-5-7;1-2-7-4-3-6-5-7/h1-5H,6H2,(H,8,9,10);3-5H,2H2,1H3. The molecule has 1 aromatic carbocycles. The lowest BCUT2D eigenvalue weighted by Gasteiger charge is -2.05. The lowest BCUT2D eigenvalue weighted by atomic mass is 10.2. The van der Waals surface area contributed by atoms with E-state index in [9.17, 15) is 13.0 Å². The van der Waals surface area contributed by atoms with E-state index in [1.165, 1.54) is 0 Å². The molecular weight excluding hydrogens is 252 g/mol. The Hall–Kier alpha value is -1.66. The second-order valence-electron chi connectivity index (χ2n) is 3.63. The molecule has 0 amide bonds. The summed E-state index contributed by atoms with van der Waals surface area (Å²) in [7, 11) is -4.13. The smallest absolute Gasteiger partial charge is 0.241 e. The number of H-pyrrole nitrogens is 1. The number of hydrogen-bond acceptors (Lipinski definition) is 3. The van der Waals surface area contributed by atoms with Crippen LogP contribution >= 0.6 is 0 Å². The summed E-state index contributed by atoms with van der Waals surface area (Å²) < 4.78 is 32.8. The maximum Gasteiger partial charge on any atom is 0.241 e. The first-order valence-corrected chi connectivity index (χ1v) is 7.08. The van der Waals surface area contributed by atoms with E-state index >= 15 is 0 Å². The molecule has 1 aromatic heterocycles. The molecule has 0 saturated heterocycles. The Kier molecular flexibility index (Phi) is 5.54. The number of benzene rings is 1. The van der Waals surface area contributed by atoms with Crippen molar-refractivity contribution < 1.29 is 17.5 Å². The monoisotopic (exact) mass is 268 g/mol. The summed E-state index contributed by atoms with van der Waals surface area (Å²) in [6, 6.07) is 8.37. The molecule has 0 saturated carbocycles. The highest BCUT2D eigenvalue weighted by Crippen LogP contribution is 2.02. The fourth-order valence-electron chi connectivity index (χ4n) is 1.30. The van der Waals surface area contributed by atoms with Gasteiger partial charge >= 0.3 is 0 Å². The molecule has 6 heteroatoms. The van der Waals surface area contributed by atoms with E-state index in [-0.39, 0.29) is 0 Å². The van der Waals surface area contributed by atoms with Crippen LogP contribution in [-0.4, -0.2) is 18.0 Å². The molecule has 0 bridgehead atoms. The summed E-state index contributed by atoms with van der Waals surface area (Å²) in [5.74, 6) is -0.423. The summed E-state index contributed by atoms with van der Waals surface area (Å²) >= 11 is 0. The summed E-state index contributed by atoms with van der Waals surface area (Å²) in [4.78, 5) is 2.94. The Bertz CT molecular complexity index is 536. The van der Waals surface area contributed by atoms with Crippen LogP contribution in [0.1, 0.15) is 12.5 Å². The molecule has 0 radical (unpaired) electrons. The number of nitrogens with one attached hydrogen (secondary N) is 1. The summed E-state index contributed by atoms with van der Waals surface area (Å²) in [6.45, 7) is 3.15. The third-order valence-electron chi connectivity index (χ3n) is 2.15. The molecule has 0 aliphatic carbocycles. The number of imidazole rings is 1. The van der Waals surface area contributed by atoms with Gasteiger partial charge in [-0.3, -0.25) is 4.98 Å². The van der Waals surface area contributed by atoms with Crippen LogP contribution in [0.25, 0.3) is 0 Å². The van der Waals surface area contributed by atoms with Crippen LogP contribution in [0.4, 0.5) is 0 Å². The van der Waals surface area contributed by atoms with Gasteiger partial charge in [-0.2, -0.15) is 0 Å². The zero-order chi connectivity index (χ0) is 13.4. The molecule has 0 spiro atoms. The van der Waals surface area contributed by atoms with Gasteiger partial charge in [0.25, 0.3) is 0 Å². The Labute approximate surface area is 107 Å². The molecule has 98 valence electrons. The third-order valence-corrected chi connectivity index (χ3v) is 2.84. The zero-order valence-corrected chi connectivity index (χ0v) is 10.9. The van der Waals surface area contributed by atoms with E-state index in [0.29, 0.717) is 5.56 Å². The Morgan fingerprint density at radius 3 is 2.33 bits per heavy atom. The maximum atomic E-state index is 10.2. The normalized spacial score (nSPS) is 10.6. The van der Waals surface area contributed by atoms with Crippen molar-refractivity contribution in [2.45, 2.75) is 19.2 Å². The molecule has 0 unspecified atom stereocenters. The molecule has 0 fully saturated rings. The molecule has 0 aliphatic heterocycles. The number of hydrogen-bond donors (Lipinski definition) is 1. The first kappa shape index (κ1) is 14.4. The van der Waals surface area contributed by atoms with Crippen LogP contribution in [0, 0.1) is 0 Å². The minimum atomic E-state index is -4.13. The highest BCUT2D eigenvalue weighted by molar-refractivity contribution is 7.84. The second-order valence-corrected chi connectivity index (χ2v) is 5.03. The maximum absolute atomic E-state index is 10.2. The number of aromatic amines is 1. The van der Waals surface area contributed by atoms with E-state index in [4.69, 9.17) is 0 Å². The van der Waals surface area contributed by atoms with Gasteiger partial charge in [0, 0.05) is 0 Å². The molecule has 0 atom stereocenters. The largest absolute Gasteiger partial charge is 0.748 e. The number of rotatable bonds is 3. The van der Waals surface area contributed by atoms with Gasteiger partial charge in [0.05, 0.1) is 22.4 Å². The van der Waals surface area contributed by atoms with Crippen molar-refractivity contribution in [3.8, 4) is 0 Å². The van der Waals surface area contributed by atoms with E-state index in [1.54, 1.807) is 30.3 Å². The predicted molar refractivity (Wildman–Crippen MR) is 66.5 cm³/mol. The van der Waals surface area contributed by atoms with Gasteiger partial charge in [-0.25, -0.2) is 13.0 Å². The Morgan fingerprint density at radius 1 is 1.28 bits per heavy atom. The number of aryl methyl sites for hydroxylation is 1. The average Bonchev–Trinajstić information content (AvgIpc) is 2.81. The quantitative estimate of drug-likeness (QED) is 0.668. The molecule has 5 nitrogen and oxygen atoms in total. The van der Waals surface area contributed by atoms with Crippen molar-refractivity contribution in [1.82, 2.24) is 4.98 Å². The van der Waals surface area contributed by atoms with Gasteiger partial charge in [0.15, 0.2) is 0 Å². The highest BCUT2D eigenvalue weighted by Gasteiger charge is 1.95. The van der Waals surface area contributed by atoms with Crippen LogP contribution in [0.3, 0.4) is 0 Å². The van der Waals surface area contributed by atoms with Gasteiger partial charge in [0.1, 0.15) is 12.4 Å². The SMILES string of the molecule is CC[n+]1cc[nH]c1.O=S(=O)([O-])Cc1ccccc1. The van der Waals surface area contributed by atoms with Gasteiger partial charge in [0.2, 0.25) is 6.33 Å². The molecule has 1 N–H and O–H groups in total. The summed E-state index contributed by atoms with van der Waals surface area (Å²) in [6.07, 6.45) is 5.84. The topological polar surface area (TPSA) is 76.9 Å². The van der Waals surface area contributed by atoms with Crippen molar-refractivity contribution in [2.24, 2.45) is 0 Å². The van der Waals surface area contributed by atoms with Gasteiger partial charge in [-0.05, 0) is 12.5 Å². The molecule has 1 heterocycles. The minimum absolute atomic E-state index is 0.423. The number of aromatic nitrogens is 2. The van der Waals surface area contributed by atoms with Crippen LogP contribution in [0.15, 0.2) is 49.1 Å². The van der Waals surface area contributed by atoms with Crippen LogP contribution in [0.2, 0.25) is 0 Å². The van der Waals surface area contributed by atoms with Crippen LogP contribution in [-0.2, 0) is 22.4 Å². The van der Waals surface area contributed by atoms with Crippen molar-refractivity contribution in [3.05, 3.63) is 54.6 Å². The second kappa shape index (κ2) is 6.93. The Balaban J connectivity index is 0.000000199. The minimum Gasteiger partial charge on any atom is -0.748 e. The van der Waals surface area contributed by atoms with E-state index in [1.807, 2.05) is 18.7 Å². The highest BCUT2D eigenvalue weighted by atomic mass is 32.2. The number of nitrogens with zero attached hydrogens (tertiary/aromatic N) is 1. The summed E-state index contributed by atoms with van der Waals surface area (Å²) in [5, 5.41) is 0. The lowest BCUT2D eigenvalue weighted by Crippen LogP contribution is -2.27.